The Balaban J connectivity index is 2.21. The number of hydrogen-bond donors (Lipinski definition) is 1. The molecule has 0 aromatic carbocycles. The lowest BCUT2D eigenvalue weighted by atomic mass is 10.1. The number of nitrogens with zero attached hydrogens (tertiary/aromatic N) is 4. The quantitative estimate of drug-likeness (QED) is 0.898. The maximum Gasteiger partial charge on any atom is 0.161 e. The van der Waals surface area contributed by atoms with Gasteiger partial charge in [0.15, 0.2) is 5.01 Å². The third-order valence-electron chi connectivity index (χ3n) is 2.31. The lowest BCUT2D eigenvalue weighted by Crippen LogP contribution is -2.09. The zero-order valence-corrected chi connectivity index (χ0v) is 11.7. The van der Waals surface area contributed by atoms with Gasteiger partial charge in [-0.2, -0.15) is 0 Å². The first-order valence-corrected chi connectivity index (χ1v) is 7.11. The van der Waals surface area contributed by atoms with E-state index in [1.54, 1.807) is 11.3 Å². The molecule has 92 valence electrons. The first kappa shape index (κ1) is 12.5. The molecule has 2 aromatic heterocycles. The van der Waals surface area contributed by atoms with Gasteiger partial charge in [-0.3, -0.25) is 0 Å². The minimum absolute atomic E-state index is 0.369. The average molecular weight is 269 g/mol. The summed E-state index contributed by atoms with van der Waals surface area (Å²) >= 11 is 3.03. The molecule has 7 heteroatoms. The number of aromatic nitrogens is 4. The smallest absolute Gasteiger partial charge is 0.161 e. The Morgan fingerprint density at radius 2 is 2.06 bits per heavy atom. The summed E-state index contributed by atoms with van der Waals surface area (Å²) in [6.45, 7) is 5.15. The molecule has 0 unspecified atom stereocenters. The van der Waals surface area contributed by atoms with Crippen molar-refractivity contribution < 1.29 is 0 Å². The van der Waals surface area contributed by atoms with Crippen LogP contribution in [0.3, 0.4) is 0 Å². The fraction of sp³-hybridized carbons (Fsp3) is 0.600. The zero-order chi connectivity index (χ0) is 12.3. The van der Waals surface area contributed by atoms with Crippen LogP contribution in [0.1, 0.15) is 30.5 Å². The van der Waals surface area contributed by atoms with Gasteiger partial charge in [0, 0.05) is 13.0 Å². The summed E-state index contributed by atoms with van der Waals surface area (Å²) in [5.74, 6) is 0.369. The van der Waals surface area contributed by atoms with Gasteiger partial charge in [-0.1, -0.05) is 29.7 Å². The van der Waals surface area contributed by atoms with Crippen LogP contribution in [0, 0.1) is 0 Å². The molecule has 0 spiro atoms. The predicted octanol–water partition coefficient (Wildman–Crippen LogP) is 1.94. The van der Waals surface area contributed by atoms with Gasteiger partial charge >= 0.3 is 0 Å². The van der Waals surface area contributed by atoms with Crippen LogP contribution in [-0.2, 0) is 6.42 Å². The highest BCUT2D eigenvalue weighted by Crippen LogP contribution is 2.32. The molecule has 0 aliphatic carbocycles. The van der Waals surface area contributed by atoms with E-state index in [4.69, 9.17) is 0 Å². The number of hydrogen-bond acceptors (Lipinski definition) is 7. The van der Waals surface area contributed by atoms with Crippen LogP contribution in [-0.4, -0.2) is 33.4 Å². The molecule has 0 saturated carbocycles. The number of rotatable bonds is 5. The van der Waals surface area contributed by atoms with Crippen LogP contribution >= 0.6 is 22.9 Å². The molecule has 0 fully saturated rings. The normalized spacial score (nSPS) is 11.3. The van der Waals surface area contributed by atoms with Crippen molar-refractivity contribution in [1.82, 2.24) is 25.1 Å². The molecule has 5 nitrogen and oxygen atoms in total. The standard InChI is InChI=1S/C10H15N5S2/c1-6(2)8-9(17-15-13-8)10-14-12-7(16-10)4-5-11-3/h6,11H,4-5H2,1-3H3. The van der Waals surface area contributed by atoms with Crippen LogP contribution in [0.15, 0.2) is 0 Å². The van der Waals surface area contributed by atoms with Crippen LogP contribution in [0.5, 0.6) is 0 Å². The Morgan fingerprint density at radius 1 is 1.24 bits per heavy atom. The van der Waals surface area contributed by atoms with Crippen LogP contribution < -0.4 is 5.32 Å². The lowest BCUT2D eigenvalue weighted by Gasteiger charge is -1.99. The molecule has 0 bridgehead atoms. The molecule has 2 heterocycles. The van der Waals surface area contributed by atoms with Crippen LogP contribution in [0.2, 0.25) is 0 Å². The molecular weight excluding hydrogens is 254 g/mol. The number of nitrogens with one attached hydrogen (secondary N) is 1. The van der Waals surface area contributed by atoms with Crippen molar-refractivity contribution in [3.05, 3.63) is 10.7 Å². The first-order valence-electron chi connectivity index (χ1n) is 5.52. The van der Waals surface area contributed by atoms with E-state index >= 15 is 0 Å². The maximum absolute atomic E-state index is 4.23. The monoisotopic (exact) mass is 269 g/mol. The lowest BCUT2D eigenvalue weighted by molar-refractivity contribution is 0.779. The van der Waals surface area contributed by atoms with Gasteiger partial charge in [-0.05, 0) is 24.5 Å². The van der Waals surface area contributed by atoms with Gasteiger partial charge in [-0.15, -0.1) is 15.3 Å². The van der Waals surface area contributed by atoms with E-state index in [0.717, 1.165) is 33.6 Å². The van der Waals surface area contributed by atoms with Crippen molar-refractivity contribution in [3.8, 4) is 9.88 Å². The van der Waals surface area contributed by atoms with Crippen LogP contribution in [0.4, 0.5) is 0 Å². The molecule has 1 N–H and O–H groups in total. The van der Waals surface area contributed by atoms with Crippen LogP contribution in [0.25, 0.3) is 9.88 Å². The van der Waals surface area contributed by atoms with Gasteiger partial charge in [-0.25, -0.2) is 0 Å². The Hall–Kier alpha value is -0.920. The molecule has 0 aliphatic heterocycles. The zero-order valence-electron chi connectivity index (χ0n) is 10.1. The third kappa shape index (κ3) is 2.85. The Labute approximate surface area is 108 Å². The highest BCUT2D eigenvalue weighted by atomic mass is 32.1. The summed E-state index contributed by atoms with van der Waals surface area (Å²) in [6.07, 6.45) is 0.914. The molecule has 0 atom stereocenters. The molecule has 0 amide bonds. The third-order valence-corrected chi connectivity index (χ3v) is 4.19. The van der Waals surface area contributed by atoms with E-state index < -0.39 is 0 Å². The van der Waals surface area contributed by atoms with Gasteiger partial charge in [0.05, 0.1) is 5.69 Å². The summed E-state index contributed by atoms with van der Waals surface area (Å²) in [5, 5.41) is 17.7. The van der Waals surface area contributed by atoms with E-state index in [9.17, 15) is 0 Å². The Bertz CT molecular complexity index is 477. The van der Waals surface area contributed by atoms with E-state index in [0.29, 0.717) is 5.92 Å². The summed E-state index contributed by atoms with van der Waals surface area (Å²) in [4.78, 5) is 1.06. The Kier molecular flexibility index (Phi) is 4.14. The minimum Gasteiger partial charge on any atom is -0.319 e. The van der Waals surface area contributed by atoms with E-state index in [2.05, 4.69) is 38.9 Å². The van der Waals surface area contributed by atoms with Crippen molar-refractivity contribution in [2.24, 2.45) is 0 Å². The number of likely N-dealkylation sites (N-methyl/N-ethyl adjacent to an activating group) is 1. The van der Waals surface area contributed by atoms with Gasteiger partial charge in [0.25, 0.3) is 0 Å². The van der Waals surface area contributed by atoms with Crippen molar-refractivity contribution in [2.75, 3.05) is 13.6 Å². The topological polar surface area (TPSA) is 63.6 Å². The minimum atomic E-state index is 0.369. The molecule has 2 aromatic rings. The SMILES string of the molecule is CNCCc1nnc(-c2snnc2C(C)C)s1. The molecule has 0 saturated heterocycles. The fourth-order valence-electron chi connectivity index (χ4n) is 1.40. The molecule has 17 heavy (non-hydrogen) atoms. The maximum atomic E-state index is 4.23. The highest BCUT2D eigenvalue weighted by Gasteiger charge is 2.17. The van der Waals surface area contributed by atoms with Gasteiger partial charge in [0.1, 0.15) is 9.88 Å². The highest BCUT2D eigenvalue weighted by molar-refractivity contribution is 7.19. The van der Waals surface area contributed by atoms with E-state index in [1.165, 1.54) is 11.5 Å². The van der Waals surface area contributed by atoms with Gasteiger partial charge in [0.2, 0.25) is 0 Å². The van der Waals surface area contributed by atoms with Crippen molar-refractivity contribution in [2.45, 2.75) is 26.2 Å². The van der Waals surface area contributed by atoms with E-state index in [1.807, 2.05) is 7.05 Å². The summed E-state index contributed by atoms with van der Waals surface area (Å²) in [7, 11) is 1.94. The van der Waals surface area contributed by atoms with Crippen molar-refractivity contribution >= 4 is 22.9 Å². The largest absolute Gasteiger partial charge is 0.319 e. The molecular formula is C10H15N5S2. The van der Waals surface area contributed by atoms with Gasteiger partial charge < -0.3 is 5.32 Å². The molecule has 0 radical (unpaired) electrons. The summed E-state index contributed by atoms with van der Waals surface area (Å²) in [5.41, 5.74) is 1.02. The predicted molar refractivity (Wildman–Crippen MR) is 70.5 cm³/mol. The Morgan fingerprint density at radius 3 is 2.76 bits per heavy atom. The summed E-state index contributed by atoms with van der Waals surface area (Å²) < 4.78 is 4.01. The second kappa shape index (κ2) is 5.61. The van der Waals surface area contributed by atoms with Crippen molar-refractivity contribution in [3.63, 3.8) is 0 Å². The van der Waals surface area contributed by atoms with E-state index in [-0.39, 0.29) is 0 Å². The summed E-state index contributed by atoms with van der Waals surface area (Å²) in [6, 6.07) is 0. The second-order valence-electron chi connectivity index (χ2n) is 4.00. The molecule has 2 rings (SSSR count). The first-order chi connectivity index (χ1) is 8.22. The molecule has 0 aliphatic rings. The fourth-order valence-corrected chi connectivity index (χ4v) is 3.13. The van der Waals surface area contributed by atoms with Crippen molar-refractivity contribution in [1.29, 1.82) is 0 Å². The average Bonchev–Trinajstić information content (AvgIpc) is 2.94. The second-order valence-corrected chi connectivity index (χ2v) is 5.81.